The number of nitrogens with zero attached hydrogens (tertiary/aromatic N) is 6. The van der Waals surface area contributed by atoms with Crippen molar-refractivity contribution in [2.75, 3.05) is 26.2 Å². The Morgan fingerprint density at radius 1 is 0.696 bits per heavy atom. The van der Waals surface area contributed by atoms with Gasteiger partial charge in [0.05, 0.1) is 16.9 Å². The van der Waals surface area contributed by atoms with Crippen molar-refractivity contribution >= 4 is 73.7 Å². The first kappa shape index (κ1) is 37.1. The van der Waals surface area contributed by atoms with Gasteiger partial charge in [-0.1, -0.05) is 0 Å². The zero-order valence-electron chi connectivity index (χ0n) is 24.1. The highest BCUT2D eigenvalue weighted by Gasteiger charge is 2.35. The fraction of sp³-hybridized carbons (Fsp3) is 0.407. The van der Waals surface area contributed by atoms with Gasteiger partial charge in [-0.3, -0.25) is 0 Å². The van der Waals surface area contributed by atoms with E-state index in [0.717, 1.165) is 32.3 Å². The molecule has 19 heteroatoms. The average Bonchev–Trinajstić information content (AvgIpc) is 2.95. The third-order valence-corrected chi connectivity index (χ3v) is 9.02. The topological polar surface area (TPSA) is 160 Å². The Kier molecular flexibility index (Phi) is 12.5. The molecule has 0 saturated carbocycles. The van der Waals surface area contributed by atoms with Crippen molar-refractivity contribution in [1.29, 1.82) is 0 Å². The molecule has 4 rings (SSSR count). The quantitative estimate of drug-likeness (QED) is 0.131. The maximum absolute atomic E-state index is 13.1. The molecular formula is C27H31BrF7IN10. The summed E-state index contributed by atoms with van der Waals surface area (Å²) in [6.45, 7) is 0.390. The van der Waals surface area contributed by atoms with E-state index >= 15 is 0 Å². The number of nitrogens with two attached hydrogens (primary N) is 4. The van der Waals surface area contributed by atoms with Crippen LogP contribution in [0.15, 0.2) is 66.9 Å². The number of alkyl halides is 7. The first-order valence-corrected chi connectivity index (χ1v) is 15.5. The molecule has 0 spiro atoms. The molecule has 2 aromatic rings. The van der Waals surface area contributed by atoms with Gasteiger partial charge >= 0.3 is 6.18 Å². The lowest BCUT2D eigenvalue weighted by Gasteiger charge is -2.32. The van der Waals surface area contributed by atoms with Crippen LogP contribution in [0.25, 0.3) is 0 Å². The van der Waals surface area contributed by atoms with Crippen LogP contribution in [0, 0.1) is 3.57 Å². The Bertz CT molecular complexity index is 1460. The number of likely N-dealkylation sites (tertiary alicyclic amines) is 2. The van der Waals surface area contributed by atoms with Crippen LogP contribution in [-0.2, 0) is 6.18 Å². The van der Waals surface area contributed by atoms with E-state index in [4.69, 9.17) is 22.9 Å². The third kappa shape index (κ3) is 11.8. The number of aliphatic imine (C=N–C) groups is 4. The van der Waals surface area contributed by atoms with E-state index in [1.165, 1.54) is 4.90 Å². The number of piperidine rings is 2. The van der Waals surface area contributed by atoms with Gasteiger partial charge in [-0.15, -0.1) is 0 Å². The molecule has 0 unspecified atom stereocenters. The van der Waals surface area contributed by atoms with Crippen molar-refractivity contribution in [2.45, 2.75) is 43.7 Å². The zero-order valence-corrected chi connectivity index (χ0v) is 27.8. The van der Waals surface area contributed by atoms with Gasteiger partial charge in [-0.05, 0) is 81.0 Å². The van der Waals surface area contributed by atoms with Crippen molar-refractivity contribution in [3.63, 3.8) is 0 Å². The third-order valence-electron chi connectivity index (χ3n) is 6.68. The molecule has 2 fully saturated rings. The van der Waals surface area contributed by atoms with Gasteiger partial charge in [-0.2, -0.15) is 23.2 Å². The summed E-state index contributed by atoms with van der Waals surface area (Å²) in [6, 6.07) is 9.51. The molecule has 2 aliphatic rings. The van der Waals surface area contributed by atoms with Crippen molar-refractivity contribution in [3.05, 3.63) is 56.1 Å². The van der Waals surface area contributed by atoms with Gasteiger partial charge < -0.3 is 32.7 Å². The van der Waals surface area contributed by atoms with Crippen molar-refractivity contribution in [1.82, 2.24) is 9.80 Å². The monoisotopic (exact) mass is 834 g/mol. The first-order chi connectivity index (χ1) is 21.3. The van der Waals surface area contributed by atoms with Gasteiger partial charge in [0.15, 0.2) is 11.9 Å². The molecule has 2 saturated heterocycles. The van der Waals surface area contributed by atoms with Crippen LogP contribution in [0.2, 0.25) is 0 Å². The molecule has 0 aliphatic carbocycles. The fourth-order valence-corrected chi connectivity index (χ4v) is 4.80. The fourth-order valence-electron chi connectivity index (χ4n) is 4.10. The van der Waals surface area contributed by atoms with Crippen LogP contribution in [0.4, 0.5) is 42.1 Å². The first-order valence-electron chi connectivity index (χ1n) is 13.6. The largest absolute Gasteiger partial charge is 0.416 e. The van der Waals surface area contributed by atoms with Crippen LogP contribution < -0.4 is 22.9 Å². The SMILES string of the molecule is NC(=Nc1ccc(C(F)(F)F)cc1)N=C(N)N1CCC(F)(F)CC1.NC(=Nc1ccc(I)c(Br)c1)N=C(N)N1CCC(F)(F)CC1. The molecular weight excluding hydrogens is 804 g/mol. The molecule has 8 N–H and O–H groups in total. The van der Waals surface area contributed by atoms with Crippen molar-refractivity contribution in [2.24, 2.45) is 42.9 Å². The average molecular weight is 835 g/mol. The Morgan fingerprint density at radius 3 is 1.48 bits per heavy atom. The second-order valence-corrected chi connectivity index (χ2v) is 12.2. The van der Waals surface area contributed by atoms with Crippen LogP contribution in [0.5, 0.6) is 0 Å². The molecule has 0 bridgehead atoms. The van der Waals surface area contributed by atoms with E-state index in [2.05, 4.69) is 58.5 Å². The van der Waals surface area contributed by atoms with E-state index in [1.807, 2.05) is 12.1 Å². The van der Waals surface area contributed by atoms with Crippen LogP contribution in [0.1, 0.15) is 31.2 Å². The van der Waals surface area contributed by atoms with E-state index < -0.39 is 23.6 Å². The summed E-state index contributed by atoms with van der Waals surface area (Å²) in [6.07, 6.45) is -5.57. The summed E-state index contributed by atoms with van der Waals surface area (Å²) in [5, 5.41) is 0. The van der Waals surface area contributed by atoms with Gasteiger partial charge in [0, 0.05) is 59.9 Å². The molecule has 2 aliphatic heterocycles. The number of guanidine groups is 4. The summed E-state index contributed by atoms with van der Waals surface area (Å²) in [7, 11) is 0. The lowest BCUT2D eigenvalue weighted by molar-refractivity contribution is -0.137. The number of hydrogen-bond acceptors (Lipinski definition) is 2. The lowest BCUT2D eigenvalue weighted by atomic mass is 10.1. The normalized spacial score (nSPS) is 19.4. The molecule has 0 aromatic heterocycles. The molecule has 0 amide bonds. The highest BCUT2D eigenvalue weighted by atomic mass is 127. The van der Waals surface area contributed by atoms with E-state index in [0.29, 0.717) is 5.69 Å². The van der Waals surface area contributed by atoms with Crippen LogP contribution in [0.3, 0.4) is 0 Å². The Morgan fingerprint density at radius 2 is 1.09 bits per heavy atom. The second kappa shape index (κ2) is 15.5. The van der Waals surface area contributed by atoms with Gasteiger partial charge in [-0.25, -0.2) is 27.5 Å². The van der Waals surface area contributed by atoms with Crippen LogP contribution >= 0.6 is 38.5 Å². The molecule has 2 heterocycles. The van der Waals surface area contributed by atoms with Crippen molar-refractivity contribution in [3.8, 4) is 0 Å². The predicted molar refractivity (Wildman–Crippen MR) is 176 cm³/mol. The molecule has 0 atom stereocenters. The molecule has 0 radical (unpaired) electrons. The summed E-state index contributed by atoms with van der Waals surface area (Å²) in [4.78, 5) is 18.8. The van der Waals surface area contributed by atoms with E-state index in [1.54, 1.807) is 11.0 Å². The Labute approximate surface area is 282 Å². The molecule has 252 valence electrons. The number of benzene rings is 2. The molecule has 10 nitrogen and oxygen atoms in total. The van der Waals surface area contributed by atoms with Gasteiger partial charge in [0.2, 0.25) is 11.9 Å². The van der Waals surface area contributed by atoms with Crippen molar-refractivity contribution < 1.29 is 30.7 Å². The molecule has 2 aromatic carbocycles. The summed E-state index contributed by atoms with van der Waals surface area (Å²) < 4.78 is 91.7. The Hall–Kier alpha value is -3.36. The maximum atomic E-state index is 13.1. The highest BCUT2D eigenvalue weighted by Crippen LogP contribution is 2.31. The smallest absolute Gasteiger partial charge is 0.369 e. The number of rotatable bonds is 2. The summed E-state index contributed by atoms with van der Waals surface area (Å²) >= 11 is 5.59. The van der Waals surface area contributed by atoms with Crippen LogP contribution in [-0.4, -0.2) is 71.7 Å². The van der Waals surface area contributed by atoms with Gasteiger partial charge in [0.1, 0.15) is 0 Å². The minimum atomic E-state index is -4.44. The molecule has 46 heavy (non-hydrogen) atoms. The zero-order chi connectivity index (χ0) is 34.3. The minimum absolute atomic E-state index is 0.0112. The highest BCUT2D eigenvalue weighted by molar-refractivity contribution is 14.1. The minimum Gasteiger partial charge on any atom is -0.369 e. The summed E-state index contributed by atoms with van der Waals surface area (Å²) in [5.74, 6) is -5.56. The number of hydrogen-bond donors (Lipinski definition) is 4. The number of halogens is 9. The summed E-state index contributed by atoms with van der Waals surface area (Å²) in [5.41, 5.74) is 22.8. The van der Waals surface area contributed by atoms with Gasteiger partial charge in [0.25, 0.3) is 11.8 Å². The van der Waals surface area contributed by atoms with E-state index in [-0.39, 0.29) is 81.4 Å². The predicted octanol–water partition coefficient (Wildman–Crippen LogP) is 5.74. The second-order valence-electron chi connectivity index (χ2n) is 10.2. The van der Waals surface area contributed by atoms with E-state index in [9.17, 15) is 30.7 Å². The Balaban J connectivity index is 0.000000251. The maximum Gasteiger partial charge on any atom is 0.416 e. The lowest BCUT2D eigenvalue weighted by Crippen LogP contribution is -2.46. The standard InChI is InChI=1S/C14H16F5N5.C13H15BrF2IN5/c15-13(16)5-7-24(8-6-13)12(21)23-11(20)22-10-3-1-9(2-4-10)14(17,18)19;14-9-7-8(1-2-10(9)17)20-11(18)21-12(19)22-5-3-13(15,16)4-6-22/h1-4H,5-8H2,(H4,20,21,22,23);1-2,7H,3-6H2,(H4,18,19,20,21).